The van der Waals surface area contributed by atoms with E-state index in [2.05, 4.69) is 36.1 Å². The summed E-state index contributed by atoms with van der Waals surface area (Å²) in [5.41, 5.74) is 1.89. The summed E-state index contributed by atoms with van der Waals surface area (Å²) in [6, 6.07) is 17.0. The van der Waals surface area contributed by atoms with Crippen LogP contribution in [0.3, 0.4) is 0 Å². The minimum atomic E-state index is -0.526. The third kappa shape index (κ3) is 25.8. The number of nitrogens with zero attached hydrogens (tertiary/aromatic N) is 3. The fourth-order valence-corrected chi connectivity index (χ4v) is 5.89. The highest BCUT2D eigenvalue weighted by Crippen LogP contribution is 2.29. The van der Waals surface area contributed by atoms with Crippen LogP contribution in [-0.2, 0) is 22.7 Å². The first kappa shape index (κ1) is 65.3. The molecule has 0 amide bonds. The molecular weight excluding hydrogens is 901 g/mol. The number of likely N-dealkylation sites (N-methyl/N-ethyl adjacent to an activating group) is 1. The number of carbonyl (C=O) groups is 5. The molecule has 4 rings (SSSR count). The highest BCUT2D eigenvalue weighted by atomic mass is 16.5. The molecule has 2 aromatic carbocycles. The molecule has 0 fully saturated rings. The molecule has 394 valence electrons. The first-order valence-electron chi connectivity index (χ1n) is 23.8. The second-order valence-corrected chi connectivity index (χ2v) is 23.5. The average Bonchev–Trinajstić information content (AvgIpc) is 3.22. The number of ketones is 4. The number of pyridine rings is 2. The number of carbonyl (C=O) groups excluding carboxylic acids is 5. The Morgan fingerprint density at radius 3 is 1.59 bits per heavy atom. The normalized spacial score (nSPS) is 12.1. The molecule has 71 heavy (non-hydrogen) atoms. The Balaban J connectivity index is 0.000000866. The fourth-order valence-electron chi connectivity index (χ4n) is 5.89. The number of hydrogen-bond donors (Lipinski definition) is 5. The number of aliphatic hydroxyl groups excluding tert-OH is 2. The fraction of sp³-hybridized carbons (Fsp3) is 0.526. The van der Waals surface area contributed by atoms with Crippen molar-refractivity contribution in [2.24, 2.45) is 21.7 Å². The molecule has 14 nitrogen and oxygen atoms in total. The number of aryl methyl sites for hydroxylation is 1. The van der Waals surface area contributed by atoms with Crippen molar-refractivity contribution < 1.29 is 53.6 Å². The van der Waals surface area contributed by atoms with Gasteiger partial charge in [-0.3, -0.25) is 33.9 Å². The summed E-state index contributed by atoms with van der Waals surface area (Å²) in [6.45, 7) is 32.6. The zero-order valence-electron chi connectivity index (χ0n) is 46.5. The molecule has 0 aliphatic rings. The molecule has 0 saturated carbocycles. The summed E-state index contributed by atoms with van der Waals surface area (Å²) in [5.74, 6) is 0.318. The van der Waals surface area contributed by atoms with E-state index in [0.29, 0.717) is 51.3 Å². The molecule has 1 unspecified atom stereocenters. The van der Waals surface area contributed by atoms with Crippen LogP contribution in [0.25, 0.3) is 0 Å². The Morgan fingerprint density at radius 2 is 1.17 bits per heavy atom. The molecule has 4 aromatic rings. The van der Waals surface area contributed by atoms with Gasteiger partial charge < -0.3 is 35.0 Å². The summed E-state index contributed by atoms with van der Waals surface area (Å²) < 4.78 is 5.68. The van der Waals surface area contributed by atoms with E-state index < -0.39 is 22.9 Å². The van der Waals surface area contributed by atoms with Crippen molar-refractivity contribution in [3.63, 3.8) is 0 Å². The van der Waals surface area contributed by atoms with Gasteiger partial charge in [-0.1, -0.05) is 107 Å². The summed E-state index contributed by atoms with van der Waals surface area (Å²) in [5, 5.41) is 41.5. The first-order chi connectivity index (χ1) is 32.1. The van der Waals surface area contributed by atoms with Crippen molar-refractivity contribution in [2.45, 2.75) is 149 Å². The van der Waals surface area contributed by atoms with E-state index in [1.165, 1.54) is 13.0 Å². The number of phenols is 1. The maximum Gasteiger partial charge on any atom is 0.308 e. The van der Waals surface area contributed by atoms with E-state index in [1.54, 1.807) is 80.1 Å². The van der Waals surface area contributed by atoms with Gasteiger partial charge in [0.2, 0.25) is 0 Å². The second-order valence-electron chi connectivity index (χ2n) is 23.5. The van der Waals surface area contributed by atoms with Crippen molar-refractivity contribution in [2.75, 3.05) is 27.7 Å². The minimum absolute atomic E-state index is 0.0314. The van der Waals surface area contributed by atoms with Gasteiger partial charge in [0, 0.05) is 82.4 Å². The van der Waals surface area contributed by atoms with Gasteiger partial charge in [0.25, 0.3) is 0 Å². The average molecular weight is 988 g/mol. The van der Waals surface area contributed by atoms with E-state index in [-0.39, 0.29) is 64.0 Å². The van der Waals surface area contributed by atoms with Gasteiger partial charge in [0.1, 0.15) is 35.7 Å². The molecule has 0 spiro atoms. The number of benzene rings is 2. The zero-order valence-corrected chi connectivity index (χ0v) is 46.5. The number of para-hydroxylation sites is 2. The Hall–Kier alpha value is -5.67. The Morgan fingerprint density at radius 1 is 0.676 bits per heavy atom. The second kappa shape index (κ2) is 27.8. The lowest BCUT2D eigenvalue weighted by Crippen LogP contribution is -2.42. The topological polar surface area (TPSA) is 213 Å². The molecular formula is C57H87N4O10+. The van der Waals surface area contributed by atoms with Gasteiger partial charge in [-0.15, -0.1) is 0 Å². The zero-order chi connectivity index (χ0) is 55.5. The van der Waals surface area contributed by atoms with Crippen LogP contribution in [0.15, 0.2) is 79.3 Å². The van der Waals surface area contributed by atoms with Crippen molar-refractivity contribution in [1.82, 2.24) is 15.3 Å². The predicted octanol–water partition coefficient (Wildman–Crippen LogP) is 10.3. The number of rotatable bonds is 11. The van der Waals surface area contributed by atoms with Crippen LogP contribution in [0.2, 0.25) is 0 Å². The van der Waals surface area contributed by atoms with Crippen LogP contribution in [0.5, 0.6) is 17.2 Å². The van der Waals surface area contributed by atoms with Crippen molar-refractivity contribution in [1.29, 1.82) is 0 Å². The van der Waals surface area contributed by atoms with Gasteiger partial charge in [-0.2, -0.15) is 0 Å². The maximum atomic E-state index is 12.1. The number of phenolic OH excluding ortho intramolecular Hbond substituents is 1. The van der Waals surface area contributed by atoms with Crippen LogP contribution >= 0.6 is 0 Å². The molecule has 2 heterocycles. The number of ether oxygens (including phenoxy) is 1. The summed E-state index contributed by atoms with van der Waals surface area (Å²) in [4.78, 5) is 65.8. The van der Waals surface area contributed by atoms with Crippen LogP contribution in [-0.4, -0.2) is 103 Å². The van der Waals surface area contributed by atoms with Crippen LogP contribution in [0.4, 0.5) is 0 Å². The number of nitrogens with one attached hydrogen (secondary N) is 1. The third-order valence-corrected chi connectivity index (χ3v) is 9.91. The largest absolute Gasteiger partial charge is 0.507 e. The molecule has 0 saturated heterocycles. The lowest BCUT2D eigenvalue weighted by Gasteiger charge is -2.27. The standard InChI is InChI=1S/C13H16O3.C12H20N2O2.C11H24NO2.C11H14O2.C10H13NO/c1-9(14)16-11-8-6-5-7-10(11)12(15)13(2,3)4;1-8-11(16)10(6-14-12(2,3)4)9(7-15)5-13-8;1-11(2,3)10(14)7-9(13)8-12(4,5)6;1-11(2,3)10(13)8-6-4-5-7-9(8)12;1-10(2,3)9(12)8-5-4-6-11-7-8/h5-8H,1-4H3;5,14-16H,6-7H2,1-4H3;9,13H,7-8H2,1-6H3;4-7,12H,1-3H3;4-7H,1-3H3/q;;+1;;. The summed E-state index contributed by atoms with van der Waals surface area (Å²) in [7, 11) is 6.01. The van der Waals surface area contributed by atoms with E-state index in [4.69, 9.17) is 4.74 Å². The lowest BCUT2D eigenvalue weighted by atomic mass is 9.86. The molecule has 5 N–H and O–H groups in total. The monoisotopic (exact) mass is 988 g/mol. The number of quaternary nitrogens is 1. The SMILES string of the molecule is CC(=O)Oc1ccccc1C(=O)C(C)(C)C.CC(C)(C)C(=O)CC(O)C[N+](C)(C)C.CC(C)(C)C(=O)c1ccccc1O.CC(C)(C)C(=O)c1cccnc1.Cc1ncc(CO)c(CNC(C)(C)C)c1O. The molecule has 0 radical (unpaired) electrons. The van der Waals surface area contributed by atoms with Crippen LogP contribution in [0, 0.1) is 28.6 Å². The Bertz CT molecular complexity index is 2340. The minimum Gasteiger partial charge on any atom is -0.507 e. The third-order valence-electron chi connectivity index (χ3n) is 9.91. The van der Waals surface area contributed by atoms with Gasteiger partial charge in [0.15, 0.2) is 17.3 Å². The van der Waals surface area contributed by atoms with Gasteiger partial charge in [-0.05, 0) is 64.1 Å². The van der Waals surface area contributed by atoms with Gasteiger partial charge in [-0.25, -0.2) is 0 Å². The van der Waals surface area contributed by atoms with Crippen molar-refractivity contribution in [3.05, 3.63) is 113 Å². The smallest absolute Gasteiger partial charge is 0.308 e. The maximum absolute atomic E-state index is 12.1. The van der Waals surface area contributed by atoms with E-state index in [0.717, 1.165) is 5.56 Å². The Labute approximate surface area is 424 Å². The highest BCUT2D eigenvalue weighted by Gasteiger charge is 2.28. The van der Waals surface area contributed by atoms with Crippen molar-refractivity contribution >= 4 is 29.1 Å². The molecule has 0 aliphatic carbocycles. The van der Waals surface area contributed by atoms with Gasteiger partial charge >= 0.3 is 5.97 Å². The predicted molar refractivity (Wildman–Crippen MR) is 283 cm³/mol. The number of hydrogen-bond acceptors (Lipinski definition) is 13. The van der Waals surface area contributed by atoms with Crippen molar-refractivity contribution in [3.8, 4) is 17.2 Å². The highest BCUT2D eigenvalue weighted by molar-refractivity contribution is 6.03. The summed E-state index contributed by atoms with van der Waals surface area (Å²) in [6.07, 6.45) is 4.61. The van der Waals surface area contributed by atoms with E-state index in [1.807, 2.05) is 104 Å². The molecule has 0 bridgehead atoms. The molecule has 0 aliphatic heterocycles. The molecule has 1 atom stereocenters. The van der Waals surface area contributed by atoms with Gasteiger partial charge in [0.05, 0.1) is 44.6 Å². The lowest BCUT2D eigenvalue weighted by molar-refractivity contribution is -0.873. The number of aliphatic hydroxyl groups is 2. The number of esters is 1. The first-order valence-corrected chi connectivity index (χ1v) is 23.8. The quantitative estimate of drug-likeness (QED) is 0.0410. The van der Waals surface area contributed by atoms with E-state index in [9.17, 15) is 44.4 Å². The van der Waals surface area contributed by atoms with Crippen LogP contribution in [0.1, 0.15) is 165 Å². The number of aromatic hydroxyl groups is 2. The number of Topliss-reactive ketones (excluding diaryl/α,β-unsaturated/α-hetero) is 4. The Kier molecular flexibility index (Phi) is 25.6. The number of aromatic nitrogens is 2. The summed E-state index contributed by atoms with van der Waals surface area (Å²) >= 11 is 0. The molecule has 2 aromatic heterocycles. The molecule has 14 heteroatoms. The van der Waals surface area contributed by atoms with Crippen LogP contribution < -0.4 is 10.1 Å². The van der Waals surface area contributed by atoms with E-state index >= 15 is 0 Å².